The predicted octanol–water partition coefficient (Wildman–Crippen LogP) is -0.201. The van der Waals surface area contributed by atoms with Crippen LogP contribution in [0, 0.1) is 0 Å². The van der Waals surface area contributed by atoms with E-state index in [0.717, 1.165) is 6.26 Å². The first kappa shape index (κ1) is 15.1. The van der Waals surface area contributed by atoms with E-state index in [2.05, 4.69) is 14.9 Å². The lowest BCUT2D eigenvalue weighted by Gasteiger charge is -2.31. The van der Waals surface area contributed by atoms with Crippen LogP contribution in [0.4, 0.5) is 5.82 Å². The molecule has 2 rings (SSSR count). The van der Waals surface area contributed by atoms with E-state index in [1.165, 1.54) is 0 Å². The topological polar surface area (TPSA) is 121 Å². The van der Waals surface area contributed by atoms with Crippen LogP contribution in [0.15, 0.2) is 0 Å². The molecule has 4 N–H and O–H groups in total. The van der Waals surface area contributed by atoms with Crippen LogP contribution in [0.3, 0.4) is 0 Å². The minimum absolute atomic E-state index is 0.0867. The fraction of sp³-hybridized carbons (Fsp3) is 0.600. The number of amides is 1. The van der Waals surface area contributed by atoms with Crippen molar-refractivity contribution in [2.24, 2.45) is 0 Å². The molecule has 1 aliphatic heterocycles. The Kier molecular flexibility index (Phi) is 4.21. The van der Waals surface area contributed by atoms with Gasteiger partial charge in [0.1, 0.15) is 10.7 Å². The number of piperidine rings is 1. The molecule has 2 heterocycles. The Morgan fingerprint density at radius 1 is 1.50 bits per heavy atom. The lowest BCUT2D eigenvalue weighted by atomic mass is 10.1. The number of nitrogens with one attached hydrogen (secondary N) is 2. The number of rotatable bonds is 3. The van der Waals surface area contributed by atoms with Crippen molar-refractivity contribution < 1.29 is 13.2 Å². The summed E-state index contributed by atoms with van der Waals surface area (Å²) in [6.45, 7) is 0.891. The second-order valence-corrected chi connectivity index (χ2v) is 6.91. The number of anilines is 1. The number of aromatic amines is 1. The van der Waals surface area contributed by atoms with Crippen LogP contribution < -0.4 is 10.5 Å². The average Bonchev–Trinajstić information content (AvgIpc) is 2.68. The number of carbonyl (C=O) groups is 1. The highest BCUT2D eigenvalue weighted by molar-refractivity contribution is 7.88. The Bertz CT molecular complexity index is 606. The summed E-state index contributed by atoms with van der Waals surface area (Å²) in [5.41, 5.74) is 5.64. The number of H-pyrrole nitrogens is 1. The number of nitrogens with zero attached hydrogens (tertiary/aromatic N) is 2. The summed E-state index contributed by atoms with van der Waals surface area (Å²) in [7, 11) is -3.22. The van der Waals surface area contributed by atoms with Gasteiger partial charge < -0.3 is 10.6 Å². The fourth-order valence-corrected chi connectivity index (χ4v) is 3.15. The summed E-state index contributed by atoms with van der Waals surface area (Å²) in [6.07, 6.45) is 2.23. The summed E-state index contributed by atoms with van der Waals surface area (Å²) in [4.78, 5) is 13.8. The smallest absolute Gasteiger partial charge is 0.273 e. The molecule has 1 aromatic heterocycles. The van der Waals surface area contributed by atoms with Gasteiger partial charge >= 0.3 is 0 Å². The number of hydrogen-bond acceptors (Lipinski definition) is 5. The minimum atomic E-state index is -3.22. The molecular formula is C10H16ClN5O3S. The van der Waals surface area contributed by atoms with Crippen molar-refractivity contribution in [1.29, 1.82) is 0 Å². The van der Waals surface area contributed by atoms with Crippen molar-refractivity contribution in [3.05, 3.63) is 10.7 Å². The third-order valence-corrected chi connectivity index (χ3v) is 4.25. The number of halogens is 1. The first-order valence-electron chi connectivity index (χ1n) is 6.04. The van der Waals surface area contributed by atoms with E-state index in [1.807, 2.05) is 0 Å². The van der Waals surface area contributed by atoms with Crippen LogP contribution in [-0.2, 0) is 10.0 Å². The number of likely N-dealkylation sites (tertiary alicyclic amines) is 1. The zero-order valence-electron chi connectivity index (χ0n) is 10.9. The Morgan fingerprint density at radius 2 is 2.10 bits per heavy atom. The van der Waals surface area contributed by atoms with E-state index in [1.54, 1.807) is 4.90 Å². The van der Waals surface area contributed by atoms with Gasteiger partial charge in [0, 0.05) is 19.1 Å². The molecule has 0 radical (unpaired) electrons. The molecule has 1 amide bonds. The van der Waals surface area contributed by atoms with E-state index in [9.17, 15) is 13.2 Å². The number of aromatic nitrogens is 2. The Labute approximate surface area is 121 Å². The molecular weight excluding hydrogens is 306 g/mol. The summed E-state index contributed by atoms with van der Waals surface area (Å²) in [5.74, 6) is -0.194. The maximum atomic E-state index is 12.2. The van der Waals surface area contributed by atoms with E-state index < -0.39 is 10.0 Å². The molecule has 1 saturated heterocycles. The summed E-state index contributed by atoms with van der Waals surface area (Å²) < 4.78 is 24.8. The molecule has 1 aliphatic rings. The van der Waals surface area contributed by atoms with Crippen molar-refractivity contribution in [3.8, 4) is 0 Å². The van der Waals surface area contributed by atoms with Gasteiger partial charge in [-0.3, -0.25) is 9.89 Å². The van der Waals surface area contributed by atoms with Gasteiger partial charge in [-0.2, -0.15) is 5.10 Å². The normalized spacial score (nSPS) is 17.4. The number of sulfonamides is 1. The molecule has 0 saturated carbocycles. The molecule has 1 aromatic rings. The molecule has 10 heteroatoms. The molecule has 0 atom stereocenters. The summed E-state index contributed by atoms with van der Waals surface area (Å²) >= 11 is 5.88. The van der Waals surface area contributed by atoms with Gasteiger partial charge in [0.15, 0.2) is 5.82 Å². The zero-order chi connectivity index (χ0) is 14.9. The maximum absolute atomic E-state index is 12.2. The lowest BCUT2D eigenvalue weighted by Crippen LogP contribution is -2.46. The molecule has 112 valence electrons. The SMILES string of the molecule is CS(=O)(=O)NC1CCN(C(=O)c2[nH]nc(N)c2Cl)CC1. The third-order valence-electron chi connectivity index (χ3n) is 3.11. The van der Waals surface area contributed by atoms with E-state index in [0.29, 0.717) is 25.9 Å². The quantitative estimate of drug-likeness (QED) is 0.711. The standard InChI is InChI=1S/C10H16ClN5O3S/c1-20(18,19)15-6-2-4-16(5-3-6)10(17)8-7(11)9(12)14-13-8/h6,15H,2-5H2,1H3,(H3,12,13,14). The molecule has 0 aromatic carbocycles. The van der Waals surface area contributed by atoms with Gasteiger partial charge in [-0.25, -0.2) is 13.1 Å². The zero-order valence-corrected chi connectivity index (χ0v) is 12.5. The molecule has 0 spiro atoms. The van der Waals surface area contributed by atoms with Gasteiger partial charge in [0.25, 0.3) is 5.91 Å². The molecule has 0 unspecified atom stereocenters. The largest absolute Gasteiger partial charge is 0.381 e. The highest BCUT2D eigenvalue weighted by Gasteiger charge is 2.27. The van der Waals surface area contributed by atoms with E-state index in [4.69, 9.17) is 17.3 Å². The van der Waals surface area contributed by atoms with Gasteiger partial charge in [0.2, 0.25) is 10.0 Å². The molecule has 0 bridgehead atoms. The van der Waals surface area contributed by atoms with Crippen LogP contribution in [-0.4, -0.2) is 54.8 Å². The Balaban J connectivity index is 1.97. The Morgan fingerprint density at radius 3 is 2.55 bits per heavy atom. The summed E-state index contributed by atoms with van der Waals surface area (Å²) in [6, 6.07) is -0.142. The van der Waals surface area contributed by atoms with Crippen LogP contribution in [0.2, 0.25) is 5.02 Å². The average molecular weight is 322 g/mol. The first-order chi connectivity index (χ1) is 9.28. The van der Waals surface area contributed by atoms with Crippen molar-refractivity contribution in [1.82, 2.24) is 19.8 Å². The maximum Gasteiger partial charge on any atom is 0.273 e. The van der Waals surface area contributed by atoms with Crippen LogP contribution in [0.25, 0.3) is 0 Å². The molecule has 8 nitrogen and oxygen atoms in total. The van der Waals surface area contributed by atoms with E-state index in [-0.39, 0.29) is 28.5 Å². The van der Waals surface area contributed by atoms with Crippen molar-refractivity contribution in [3.63, 3.8) is 0 Å². The first-order valence-corrected chi connectivity index (χ1v) is 8.31. The second-order valence-electron chi connectivity index (χ2n) is 4.75. The fourth-order valence-electron chi connectivity index (χ4n) is 2.15. The number of hydrogen-bond donors (Lipinski definition) is 3. The van der Waals surface area contributed by atoms with Gasteiger partial charge in [-0.1, -0.05) is 11.6 Å². The highest BCUT2D eigenvalue weighted by atomic mass is 35.5. The highest BCUT2D eigenvalue weighted by Crippen LogP contribution is 2.22. The number of nitrogens with two attached hydrogens (primary N) is 1. The Hall–Kier alpha value is -1.32. The molecule has 20 heavy (non-hydrogen) atoms. The monoisotopic (exact) mass is 321 g/mol. The minimum Gasteiger partial charge on any atom is -0.381 e. The van der Waals surface area contributed by atoms with Gasteiger partial charge in [0.05, 0.1) is 6.26 Å². The van der Waals surface area contributed by atoms with Gasteiger partial charge in [-0.15, -0.1) is 0 Å². The van der Waals surface area contributed by atoms with Crippen LogP contribution in [0.5, 0.6) is 0 Å². The van der Waals surface area contributed by atoms with Crippen LogP contribution >= 0.6 is 11.6 Å². The van der Waals surface area contributed by atoms with Crippen molar-refractivity contribution in [2.75, 3.05) is 25.1 Å². The van der Waals surface area contributed by atoms with Crippen molar-refractivity contribution in [2.45, 2.75) is 18.9 Å². The molecule has 1 fully saturated rings. The summed E-state index contributed by atoms with van der Waals surface area (Å²) in [5, 5.41) is 6.30. The van der Waals surface area contributed by atoms with Gasteiger partial charge in [-0.05, 0) is 12.8 Å². The molecule has 0 aliphatic carbocycles. The predicted molar refractivity (Wildman–Crippen MR) is 74.9 cm³/mol. The second kappa shape index (κ2) is 5.58. The lowest BCUT2D eigenvalue weighted by molar-refractivity contribution is 0.0705. The number of carbonyl (C=O) groups excluding carboxylic acids is 1. The van der Waals surface area contributed by atoms with Crippen molar-refractivity contribution >= 4 is 33.3 Å². The number of nitrogen functional groups attached to an aromatic ring is 1. The van der Waals surface area contributed by atoms with E-state index >= 15 is 0 Å². The third kappa shape index (κ3) is 3.41. The van der Waals surface area contributed by atoms with Crippen LogP contribution in [0.1, 0.15) is 23.3 Å².